The number of nitrogens with one attached hydrogen (secondary N) is 1. The van der Waals surface area contributed by atoms with E-state index in [4.69, 9.17) is 0 Å². The minimum Gasteiger partial charge on any atom is -0.372 e. The zero-order valence-corrected chi connectivity index (χ0v) is 23.7. The van der Waals surface area contributed by atoms with E-state index in [-0.39, 0.29) is 45.7 Å². The van der Waals surface area contributed by atoms with Crippen molar-refractivity contribution in [3.63, 3.8) is 0 Å². The third-order valence-corrected chi connectivity index (χ3v) is 6.97. The molecule has 1 aliphatic rings. The van der Waals surface area contributed by atoms with E-state index in [0.29, 0.717) is 42.0 Å². The Hall–Kier alpha value is -4.96. The molecule has 208 valence electrons. The smallest absolute Gasteiger partial charge is 0.272 e. The van der Waals surface area contributed by atoms with Crippen LogP contribution in [0.25, 0.3) is 0 Å². The Morgan fingerprint density at radius 3 is 2.39 bits per heavy atom. The summed E-state index contributed by atoms with van der Waals surface area (Å²) in [5, 5.41) is 31.7. The van der Waals surface area contributed by atoms with Gasteiger partial charge in [-0.15, -0.1) is 10.2 Å². The van der Waals surface area contributed by atoms with E-state index >= 15 is 0 Å². The molecule has 0 aromatic heterocycles. The molecule has 0 aliphatic carbocycles. The zero-order chi connectivity index (χ0) is 29.7. The normalized spacial score (nSPS) is 12.4. The number of imide groups is 1. The number of non-ortho nitro benzene ring substituents is 1. The van der Waals surface area contributed by atoms with Crippen molar-refractivity contribution in [3.05, 3.63) is 85.9 Å². The molecule has 41 heavy (non-hydrogen) atoms. The fraction of sp³-hybridized carbons (Fsp3) is 0.214. The lowest BCUT2D eigenvalue weighted by Crippen LogP contribution is -2.33. The van der Waals surface area contributed by atoms with Crippen LogP contribution in [0, 0.1) is 21.4 Å². The molecule has 0 unspecified atom stereocenters. The highest BCUT2D eigenvalue weighted by Gasteiger charge is 2.34. The third-order valence-electron chi connectivity index (χ3n) is 6.36. The highest BCUT2D eigenvalue weighted by molar-refractivity contribution is 9.10. The van der Waals surface area contributed by atoms with Crippen LogP contribution in [0.3, 0.4) is 0 Å². The summed E-state index contributed by atoms with van der Waals surface area (Å²) >= 11 is 3.21. The monoisotopic (exact) mass is 617 g/mol. The number of fused-ring (bicyclic) bond motifs is 1. The molecule has 0 radical (unpaired) electrons. The Balaban J connectivity index is 1.53. The number of benzene rings is 3. The van der Waals surface area contributed by atoms with Crippen LogP contribution >= 0.6 is 15.9 Å². The average molecular weight is 618 g/mol. The largest absolute Gasteiger partial charge is 0.372 e. The van der Waals surface area contributed by atoms with Crippen LogP contribution in [0.5, 0.6) is 0 Å². The second-order valence-electron chi connectivity index (χ2n) is 9.02. The molecule has 3 aromatic rings. The lowest BCUT2D eigenvalue weighted by atomic mass is 10.1. The Morgan fingerprint density at radius 1 is 1.12 bits per heavy atom. The van der Waals surface area contributed by atoms with Gasteiger partial charge in [-0.25, -0.2) is 0 Å². The summed E-state index contributed by atoms with van der Waals surface area (Å²) in [6, 6.07) is 16.2. The summed E-state index contributed by atoms with van der Waals surface area (Å²) in [6.07, 6.45) is 0.529. The molecule has 0 atom stereocenters. The minimum absolute atomic E-state index is 0.0391. The van der Waals surface area contributed by atoms with Gasteiger partial charge in [-0.3, -0.25) is 29.4 Å². The van der Waals surface area contributed by atoms with E-state index in [1.807, 2.05) is 17.9 Å². The number of amides is 3. The molecule has 1 N–H and O–H groups in total. The van der Waals surface area contributed by atoms with Crippen LogP contribution in [-0.4, -0.2) is 47.2 Å². The number of nitro groups is 1. The number of nitrogens with zero attached hydrogens (tertiary/aromatic N) is 6. The van der Waals surface area contributed by atoms with Crippen LogP contribution in [0.2, 0.25) is 0 Å². The topological polar surface area (TPSA) is 161 Å². The van der Waals surface area contributed by atoms with Gasteiger partial charge in [0.05, 0.1) is 31.8 Å². The summed E-state index contributed by atoms with van der Waals surface area (Å²) in [4.78, 5) is 51.1. The van der Waals surface area contributed by atoms with E-state index in [9.17, 15) is 29.8 Å². The van der Waals surface area contributed by atoms with Gasteiger partial charge < -0.3 is 10.2 Å². The highest BCUT2D eigenvalue weighted by atomic mass is 79.9. The molecular weight excluding hydrogens is 594 g/mol. The van der Waals surface area contributed by atoms with Crippen molar-refractivity contribution in [2.45, 2.75) is 20.3 Å². The molecule has 12 nitrogen and oxygen atoms in total. The maximum atomic E-state index is 12.7. The molecule has 0 spiro atoms. The Morgan fingerprint density at radius 2 is 1.80 bits per heavy atom. The first-order chi connectivity index (χ1) is 19.6. The first-order valence-corrected chi connectivity index (χ1v) is 13.4. The van der Waals surface area contributed by atoms with Crippen LogP contribution < -0.4 is 10.2 Å². The molecule has 0 saturated carbocycles. The number of rotatable bonds is 10. The Labute approximate surface area is 243 Å². The Bertz CT molecular complexity index is 1600. The van der Waals surface area contributed by atoms with E-state index in [0.717, 1.165) is 11.8 Å². The molecule has 13 heteroatoms. The van der Waals surface area contributed by atoms with Gasteiger partial charge in [0, 0.05) is 44.4 Å². The van der Waals surface area contributed by atoms with E-state index < -0.39 is 4.92 Å². The lowest BCUT2D eigenvalue weighted by Gasteiger charge is -2.25. The predicted octanol–water partition coefficient (Wildman–Crippen LogP) is 6.12. The number of carbonyl (C=O) groups is 3. The lowest BCUT2D eigenvalue weighted by molar-refractivity contribution is -0.384. The zero-order valence-electron chi connectivity index (χ0n) is 22.1. The van der Waals surface area contributed by atoms with Gasteiger partial charge in [0.1, 0.15) is 17.4 Å². The standard InChI is InChI=1S/C28H24BrN7O5/c1-3-34(11-6-12-35-27(38)21-7-4-5-8-22(21)28(35)39)19-9-10-24(25(15-19)31-17(2)37)32-33-26-18(16-30)13-20(36(40)41)14-23(26)29/h4-5,7-10,13-15H,3,6,11-12H2,1-2H3,(H,31,37)/b33-32+. The number of azo groups is 1. The first kappa shape index (κ1) is 29.0. The number of hydrogen-bond donors (Lipinski definition) is 1. The van der Waals surface area contributed by atoms with Crippen molar-refractivity contribution in [1.82, 2.24) is 4.90 Å². The van der Waals surface area contributed by atoms with Crippen molar-refractivity contribution < 1.29 is 19.3 Å². The van der Waals surface area contributed by atoms with Crippen molar-refractivity contribution in [1.29, 1.82) is 5.26 Å². The fourth-order valence-electron chi connectivity index (χ4n) is 4.41. The first-order valence-electron chi connectivity index (χ1n) is 12.6. The van der Waals surface area contributed by atoms with Crippen LogP contribution in [0.1, 0.15) is 46.5 Å². The van der Waals surface area contributed by atoms with E-state index in [1.165, 1.54) is 17.9 Å². The number of nitriles is 1. The van der Waals surface area contributed by atoms with Crippen LogP contribution in [-0.2, 0) is 4.79 Å². The molecule has 1 heterocycles. The number of nitro benzene ring substituents is 1. The third kappa shape index (κ3) is 6.28. The molecule has 3 aromatic carbocycles. The predicted molar refractivity (Wildman–Crippen MR) is 155 cm³/mol. The van der Waals surface area contributed by atoms with Gasteiger partial charge >= 0.3 is 0 Å². The van der Waals surface area contributed by atoms with Gasteiger partial charge in [-0.2, -0.15) is 5.26 Å². The van der Waals surface area contributed by atoms with Crippen LogP contribution in [0.4, 0.5) is 28.4 Å². The van der Waals surface area contributed by atoms with Gasteiger partial charge in [0.25, 0.3) is 17.5 Å². The quantitative estimate of drug-likeness (QED) is 0.124. The highest BCUT2D eigenvalue weighted by Crippen LogP contribution is 2.37. The van der Waals surface area contributed by atoms with Crippen molar-refractivity contribution in [2.75, 3.05) is 29.9 Å². The molecule has 3 amide bonds. The minimum atomic E-state index is -0.612. The van der Waals surface area contributed by atoms with Gasteiger partial charge in [0.2, 0.25) is 5.91 Å². The molecular formula is C28H24BrN7O5. The maximum absolute atomic E-state index is 12.7. The summed E-state index contributed by atoms with van der Waals surface area (Å²) in [5.74, 6) is -0.924. The van der Waals surface area contributed by atoms with Gasteiger partial charge in [-0.1, -0.05) is 12.1 Å². The number of anilines is 2. The van der Waals surface area contributed by atoms with Crippen LogP contribution in [0.15, 0.2) is 69.3 Å². The number of halogens is 1. The summed E-state index contributed by atoms with van der Waals surface area (Å²) in [6.45, 7) is 4.73. The summed E-state index contributed by atoms with van der Waals surface area (Å²) in [5.41, 5.74) is 2.08. The molecule has 0 saturated heterocycles. The van der Waals surface area contributed by atoms with Crippen molar-refractivity contribution in [3.8, 4) is 6.07 Å². The molecule has 1 aliphatic heterocycles. The maximum Gasteiger partial charge on any atom is 0.272 e. The average Bonchev–Trinajstić information content (AvgIpc) is 3.19. The number of hydrogen-bond acceptors (Lipinski definition) is 9. The Kier molecular flexibility index (Phi) is 8.84. The van der Waals surface area contributed by atoms with E-state index in [2.05, 4.69) is 31.5 Å². The second kappa shape index (κ2) is 12.5. The summed E-state index contributed by atoms with van der Waals surface area (Å²) in [7, 11) is 0. The SMILES string of the molecule is CCN(CCCN1C(=O)c2ccccc2C1=O)c1ccc(/N=N/c2c(Br)cc([N+](=O)[O-])cc2C#N)c(NC(C)=O)c1. The van der Waals surface area contributed by atoms with Crippen molar-refractivity contribution >= 4 is 62.1 Å². The number of carbonyl (C=O) groups excluding carboxylic acids is 3. The van der Waals surface area contributed by atoms with Gasteiger partial charge in [-0.05, 0) is 59.6 Å². The molecule has 0 fully saturated rings. The van der Waals surface area contributed by atoms with E-state index in [1.54, 1.807) is 42.5 Å². The molecule has 0 bridgehead atoms. The molecule has 4 rings (SSSR count). The second-order valence-corrected chi connectivity index (χ2v) is 9.87. The fourth-order valence-corrected chi connectivity index (χ4v) is 4.94. The van der Waals surface area contributed by atoms with Gasteiger partial charge in [0.15, 0.2) is 0 Å². The van der Waals surface area contributed by atoms with Crippen molar-refractivity contribution in [2.24, 2.45) is 10.2 Å². The summed E-state index contributed by atoms with van der Waals surface area (Å²) < 4.78 is 0.222.